The van der Waals surface area contributed by atoms with Crippen molar-refractivity contribution in [3.8, 4) is 11.4 Å². The summed E-state index contributed by atoms with van der Waals surface area (Å²) in [5.41, 5.74) is 11.8. The lowest BCUT2D eigenvalue weighted by Gasteiger charge is -2.13. The van der Waals surface area contributed by atoms with Crippen molar-refractivity contribution in [1.82, 2.24) is 9.66 Å². The number of anilines is 2. The van der Waals surface area contributed by atoms with Crippen molar-refractivity contribution in [2.75, 3.05) is 11.2 Å². The van der Waals surface area contributed by atoms with Crippen LogP contribution in [0.2, 0.25) is 0 Å². The standard InChI is InChI=1S/C13H12N4/c14-13-9-12-11(15-13)7-4-8-17(12)16-10-5-2-1-3-6-10/h1-9,16H,(H2,14,15). The molecule has 3 N–H and O–H groups in total. The number of nitrogens with two attached hydrogens (primary N) is 1. The molecule has 0 radical (unpaired) electrons. The number of fused-ring (bicyclic) bond motifs is 1. The van der Waals surface area contributed by atoms with Gasteiger partial charge in [-0.2, -0.15) is 0 Å². The lowest BCUT2D eigenvalue weighted by molar-refractivity contribution is 0.954. The van der Waals surface area contributed by atoms with Gasteiger partial charge in [0, 0.05) is 12.3 Å². The van der Waals surface area contributed by atoms with Gasteiger partial charge in [0.25, 0.3) is 0 Å². The summed E-state index contributed by atoms with van der Waals surface area (Å²) in [5.74, 6) is 0.537. The Bertz CT molecular complexity index is 600. The molecule has 0 fully saturated rings. The minimum absolute atomic E-state index is 0.537. The minimum Gasteiger partial charge on any atom is -0.384 e. The lowest BCUT2D eigenvalue weighted by atomic mass is 10.3. The van der Waals surface area contributed by atoms with Crippen molar-refractivity contribution < 1.29 is 0 Å². The van der Waals surface area contributed by atoms with E-state index in [0.29, 0.717) is 5.82 Å². The second-order valence-electron chi connectivity index (χ2n) is 3.81. The van der Waals surface area contributed by atoms with Crippen LogP contribution in [0.5, 0.6) is 0 Å². The van der Waals surface area contributed by atoms with Crippen molar-refractivity contribution in [2.45, 2.75) is 0 Å². The molecule has 0 spiro atoms. The topological polar surface area (TPSA) is 55.9 Å². The molecule has 84 valence electrons. The first-order chi connectivity index (χ1) is 8.33. The van der Waals surface area contributed by atoms with Gasteiger partial charge >= 0.3 is 0 Å². The number of benzene rings is 1. The second kappa shape index (κ2) is 3.83. The number of hydrogen-bond donors (Lipinski definition) is 2. The summed E-state index contributed by atoms with van der Waals surface area (Å²) in [5, 5.41) is 0. The zero-order valence-electron chi connectivity index (χ0n) is 9.17. The number of aromatic nitrogens is 2. The number of para-hydroxylation sites is 1. The van der Waals surface area contributed by atoms with E-state index in [4.69, 9.17) is 5.73 Å². The fraction of sp³-hybridized carbons (Fsp3) is 0. The first-order valence-electron chi connectivity index (χ1n) is 5.38. The van der Waals surface area contributed by atoms with Gasteiger partial charge in [-0.15, -0.1) is 0 Å². The smallest absolute Gasteiger partial charge is 0.126 e. The van der Waals surface area contributed by atoms with Crippen LogP contribution in [-0.2, 0) is 0 Å². The van der Waals surface area contributed by atoms with E-state index >= 15 is 0 Å². The maximum Gasteiger partial charge on any atom is 0.126 e. The van der Waals surface area contributed by atoms with Crippen molar-refractivity contribution >= 4 is 11.5 Å². The van der Waals surface area contributed by atoms with E-state index in [9.17, 15) is 0 Å². The molecule has 0 aromatic heterocycles. The summed E-state index contributed by atoms with van der Waals surface area (Å²) < 4.78 is 1.91. The normalized spacial score (nSPS) is 10.6. The van der Waals surface area contributed by atoms with Crippen LogP contribution in [0.15, 0.2) is 54.7 Å². The van der Waals surface area contributed by atoms with Crippen LogP contribution in [0.25, 0.3) is 11.4 Å². The van der Waals surface area contributed by atoms with Gasteiger partial charge in [0.05, 0.1) is 17.1 Å². The van der Waals surface area contributed by atoms with Crippen molar-refractivity contribution in [2.24, 2.45) is 0 Å². The third-order valence-corrected chi connectivity index (χ3v) is 2.57. The van der Waals surface area contributed by atoms with Gasteiger partial charge in [-0.1, -0.05) is 18.2 Å². The molecule has 3 rings (SSSR count). The molecule has 1 aromatic carbocycles. The molecule has 0 atom stereocenters. The quantitative estimate of drug-likeness (QED) is 0.703. The molecule has 0 amide bonds. The van der Waals surface area contributed by atoms with E-state index in [1.54, 1.807) is 0 Å². The Hall–Kier alpha value is -2.49. The Morgan fingerprint density at radius 3 is 2.71 bits per heavy atom. The molecule has 0 bridgehead atoms. The Morgan fingerprint density at radius 2 is 1.88 bits per heavy atom. The molecule has 2 heterocycles. The van der Waals surface area contributed by atoms with E-state index < -0.39 is 0 Å². The minimum atomic E-state index is 0.537. The average molecular weight is 224 g/mol. The van der Waals surface area contributed by atoms with E-state index in [1.165, 1.54) is 0 Å². The van der Waals surface area contributed by atoms with Crippen LogP contribution in [0.3, 0.4) is 0 Å². The van der Waals surface area contributed by atoms with Gasteiger partial charge < -0.3 is 5.73 Å². The number of nitrogens with zero attached hydrogens (tertiary/aromatic N) is 2. The molecule has 4 nitrogen and oxygen atoms in total. The van der Waals surface area contributed by atoms with Gasteiger partial charge in [0.1, 0.15) is 5.82 Å². The number of nitrogen functional groups attached to an aromatic ring is 1. The summed E-state index contributed by atoms with van der Waals surface area (Å²) in [7, 11) is 0. The zero-order chi connectivity index (χ0) is 11.7. The number of pyridine rings is 1. The molecular formula is C13H12N4. The fourth-order valence-corrected chi connectivity index (χ4v) is 1.81. The third kappa shape index (κ3) is 1.80. The van der Waals surface area contributed by atoms with Crippen molar-refractivity contribution in [1.29, 1.82) is 0 Å². The molecule has 0 saturated carbocycles. The van der Waals surface area contributed by atoms with Crippen LogP contribution in [0.4, 0.5) is 11.5 Å². The predicted molar refractivity (Wildman–Crippen MR) is 68.7 cm³/mol. The van der Waals surface area contributed by atoms with E-state index in [2.05, 4.69) is 10.4 Å². The summed E-state index contributed by atoms with van der Waals surface area (Å²) in [6.07, 6.45) is 1.94. The van der Waals surface area contributed by atoms with Crippen LogP contribution in [0.1, 0.15) is 0 Å². The Balaban J connectivity index is 2.01. The molecule has 17 heavy (non-hydrogen) atoms. The van der Waals surface area contributed by atoms with E-state index in [0.717, 1.165) is 17.1 Å². The summed E-state index contributed by atoms with van der Waals surface area (Å²) in [6, 6.07) is 15.7. The lowest BCUT2D eigenvalue weighted by Crippen LogP contribution is -2.11. The van der Waals surface area contributed by atoms with Crippen molar-refractivity contribution in [3.05, 3.63) is 54.7 Å². The molecule has 2 aliphatic heterocycles. The van der Waals surface area contributed by atoms with Crippen molar-refractivity contribution in [3.63, 3.8) is 0 Å². The van der Waals surface area contributed by atoms with Crippen LogP contribution >= 0.6 is 0 Å². The number of nitrogens with one attached hydrogen (secondary N) is 1. The largest absolute Gasteiger partial charge is 0.384 e. The first kappa shape index (κ1) is 9.72. The Kier molecular flexibility index (Phi) is 2.19. The van der Waals surface area contributed by atoms with Gasteiger partial charge in [-0.25, -0.2) is 4.98 Å². The van der Waals surface area contributed by atoms with E-state index in [1.807, 2.05) is 59.4 Å². The van der Waals surface area contributed by atoms with Crippen LogP contribution < -0.4 is 11.2 Å². The van der Waals surface area contributed by atoms with Gasteiger partial charge in [0.2, 0.25) is 0 Å². The zero-order valence-corrected chi connectivity index (χ0v) is 9.17. The van der Waals surface area contributed by atoms with Crippen LogP contribution in [0, 0.1) is 0 Å². The highest BCUT2D eigenvalue weighted by Crippen LogP contribution is 2.23. The van der Waals surface area contributed by atoms with Gasteiger partial charge in [-0.05, 0) is 24.3 Å². The molecule has 2 aliphatic rings. The monoisotopic (exact) mass is 224 g/mol. The van der Waals surface area contributed by atoms with Crippen LogP contribution in [-0.4, -0.2) is 9.66 Å². The Labute approximate surface area is 99.0 Å². The van der Waals surface area contributed by atoms with E-state index in [-0.39, 0.29) is 0 Å². The number of hydrogen-bond acceptors (Lipinski definition) is 3. The molecule has 1 aromatic rings. The maximum absolute atomic E-state index is 5.70. The maximum atomic E-state index is 5.70. The SMILES string of the molecule is Nc1cc2n(Nc3ccccc3)cccc-2n1. The molecule has 0 saturated heterocycles. The highest BCUT2D eigenvalue weighted by Gasteiger charge is 2.09. The summed E-state index contributed by atoms with van der Waals surface area (Å²) >= 11 is 0. The van der Waals surface area contributed by atoms with Gasteiger partial charge in [-0.3, -0.25) is 10.1 Å². The molecule has 0 aliphatic carbocycles. The number of rotatable bonds is 2. The highest BCUT2D eigenvalue weighted by molar-refractivity contribution is 5.64. The third-order valence-electron chi connectivity index (χ3n) is 2.57. The molecular weight excluding hydrogens is 212 g/mol. The highest BCUT2D eigenvalue weighted by atomic mass is 15.4. The summed E-state index contributed by atoms with van der Waals surface area (Å²) in [6.45, 7) is 0. The predicted octanol–water partition coefficient (Wildman–Crippen LogP) is 2.45. The summed E-state index contributed by atoms with van der Waals surface area (Å²) in [4.78, 5) is 4.23. The fourth-order valence-electron chi connectivity index (χ4n) is 1.81. The molecule has 4 heteroatoms. The van der Waals surface area contributed by atoms with Gasteiger partial charge in [0.15, 0.2) is 0 Å². The Morgan fingerprint density at radius 1 is 1.06 bits per heavy atom. The average Bonchev–Trinajstić information content (AvgIpc) is 2.72. The molecule has 0 unspecified atom stereocenters. The first-order valence-corrected chi connectivity index (χ1v) is 5.38. The second-order valence-corrected chi connectivity index (χ2v) is 3.81.